The zero-order valence-corrected chi connectivity index (χ0v) is 15.9. The monoisotopic (exact) mass is 370 g/mol. The van der Waals surface area contributed by atoms with Crippen molar-refractivity contribution in [1.29, 1.82) is 0 Å². The van der Waals surface area contributed by atoms with Crippen molar-refractivity contribution in [3.63, 3.8) is 0 Å². The molecule has 0 saturated carbocycles. The highest BCUT2D eigenvalue weighted by atomic mass is 16.5. The molecule has 0 aliphatic carbocycles. The van der Waals surface area contributed by atoms with Gasteiger partial charge in [0.05, 0.1) is 7.11 Å². The van der Waals surface area contributed by atoms with Gasteiger partial charge in [-0.05, 0) is 43.9 Å². The molecule has 27 heavy (non-hydrogen) atoms. The second-order valence-corrected chi connectivity index (χ2v) is 6.51. The van der Waals surface area contributed by atoms with E-state index in [1.807, 2.05) is 56.3 Å². The van der Waals surface area contributed by atoms with Crippen molar-refractivity contribution in [2.75, 3.05) is 12.4 Å². The van der Waals surface area contributed by atoms with Crippen LogP contribution in [0.4, 0.5) is 10.5 Å². The van der Waals surface area contributed by atoms with Gasteiger partial charge in [0.2, 0.25) is 0 Å². The second-order valence-electron chi connectivity index (χ2n) is 6.51. The number of amides is 2. The Morgan fingerprint density at radius 1 is 1.11 bits per heavy atom. The maximum atomic E-state index is 12.5. The number of carbonyl (C=O) groups excluding carboxylic acids is 1. The van der Waals surface area contributed by atoms with E-state index in [1.54, 1.807) is 7.11 Å². The van der Waals surface area contributed by atoms with E-state index >= 15 is 0 Å². The Bertz CT molecular complexity index is 790. The predicted molar refractivity (Wildman–Crippen MR) is 105 cm³/mol. The molecule has 144 valence electrons. The summed E-state index contributed by atoms with van der Waals surface area (Å²) in [5.41, 5.74) is 3.54. The molecule has 1 atom stereocenters. The first-order valence-electron chi connectivity index (χ1n) is 8.88. The first-order chi connectivity index (χ1) is 12.9. The molecule has 0 fully saturated rings. The number of benzene rings is 2. The van der Waals surface area contributed by atoms with Gasteiger partial charge in [-0.15, -0.1) is 0 Å². The van der Waals surface area contributed by atoms with Crippen molar-refractivity contribution < 1.29 is 19.4 Å². The molecule has 0 aliphatic rings. The summed E-state index contributed by atoms with van der Waals surface area (Å²) in [6.07, 6.45) is 0.917. The normalized spacial score (nSPS) is 11.5. The predicted octanol–water partition coefficient (Wildman–Crippen LogP) is 3.91. The van der Waals surface area contributed by atoms with Crippen molar-refractivity contribution in [1.82, 2.24) is 5.32 Å². The summed E-state index contributed by atoms with van der Waals surface area (Å²) in [6.45, 7) is 3.82. The molecule has 1 unspecified atom stereocenters. The maximum Gasteiger partial charge on any atom is 0.319 e. The number of carbonyl (C=O) groups is 2. The molecule has 3 N–H and O–H groups in total. The van der Waals surface area contributed by atoms with Crippen LogP contribution in [-0.4, -0.2) is 30.3 Å². The summed E-state index contributed by atoms with van der Waals surface area (Å²) in [7, 11) is 1.60. The van der Waals surface area contributed by atoms with E-state index < -0.39 is 5.97 Å². The Hall–Kier alpha value is -3.02. The number of anilines is 1. The number of aryl methyl sites for hydroxylation is 1. The second kappa shape index (κ2) is 9.62. The number of methoxy groups -OCH3 is 1. The molecule has 0 saturated heterocycles. The van der Waals surface area contributed by atoms with Crippen molar-refractivity contribution in [3.05, 3.63) is 59.2 Å². The van der Waals surface area contributed by atoms with E-state index in [0.717, 1.165) is 22.4 Å². The fourth-order valence-corrected chi connectivity index (χ4v) is 3.04. The highest BCUT2D eigenvalue weighted by Crippen LogP contribution is 2.29. The largest absolute Gasteiger partial charge is 0.496 e. The highest BCUT2D eigenvalue weighted by molar-refractivity contribution is 5.90. The van der Waals surface area contributed by atoms with Crippen LogP contribution in [-0.2, 0) is 11.2 Å². The van der Waals surface area contributed by atoms with Crippen LogP contribution < -0.4 is 15.4 Å². The lowest BCUT2D eigenvalue weighted by atomic mass is 10.0. The highest BCUT2D eigenvalue weighted by Gasteiger charge is 2.16. The quantitative estimate of drug-likeness (QED) is 0.657. The standard InChI is InChI=1S/C21H26N2O4/c1-14-9-11-18(15(2)20(14)27-3)23-21(26)22-17(10-12-19(24)25)13-16-7-5-4-6-8-16/h4-9,11,17H,10,12-13H2,1-3H3,(H,24,25)(H2,22,23,26). The van der Waals surface area contributed by atoms with Crippen LogP contribution in [0.2, 0.25) is 0 Å². The zero-order chi connectivity index (χ0) is 19.8. The first-order valence-corrected chi connectivity index (χ1v) is 8.88. The average molecular weight is 370 g/mol. The molecule has 0 heterocycles. The summed E-state index contributed by atoms with van der Waals surface area (Å²) in [6, 6.07) is 12.8. The third-order valence-corrected chi connectivity index (χ3v) is 4.42. The van der Waals surface area contributed by atoms with Crippen molar-refractivity contribution in [2.24, 2.45) is 0 Å². The molecular formula is C21H26N2O4. The molecule has 2 rings (SSSR count). The number of carboxylic acid groups (broad SMARTS) is 1. The third-order valence-electron chi connectivity index (χ3n) is 4.42. The fourth-order valence-electron chi connectivity index (χ4n) is 3.04. The number of hydrogen-bond acceptors (Lipinski definition) is 3. The smallest absolute Gasteiger partial charge is 0.319 e. The molecule has 2 aromatic carbocycles. The van der Waals surface area contributed by atoms with Crippen molar-refractivity contribution in [2.45, 2.75) is 39.2 Å². The molecule has 2 aromatic rings. The molecule has 6 nitrogen and oxygen atoms in total. The molecule has 0 aliphatic heterocycles. The number of rotatable bonds is 8. The summed E-state index contributed by atoms with van der Waals surface area (Å²) in [4.78, 5) is 23.4. The number of carboxylic acids is 1. The Labute approximate surface area is 159 Å². The SMILES string of the molecule is COc1c(C)ccc(NC(=O)NC(CCC(=O)O)Cc2ccccc2)c1C. The zero-order valence-electron chi connectivity index (χ0n) is 15.9. The van der Waals surface area contributed by atoms with E-state index in [0.29, 0.717) is 18.5 Å². The Kier molecular flexibility index (Phi) is 7.23. The molecule has 0 spiro atoms. The fraction of sp³-hybridized carbons (Fsp3) is 0.333. The Morgan fingerprint density at radius 3 is 2.44 bits per heavy atom. The number of aliphatic carboxylic acids is 1. The number of ether oxygens (including phenoxy) is 1. The third kappa shape index (κ3) is 6.02. The van der Waals surface area contributed by atoms with Gasteiger partial charge in [0, 0.05) is 23.7 Å². The van der Waals surface area contributed by atoms with Crippen LogP contribution in [0.25, 0.3) is 0 Å². The minimum absolute atomic E-state index is 0.00480. The van der Waals surface area contributed by atoms with Gasteiger partial charge in [-0.2, -0.15) is 0 Å². The van der Waals surface area contributed by atoms with Gasteiger partial charge in [0.1, 0.15) is 5.75 Å². The lowest BCUT2D eigenvalue weighted by Gasteiger charge is -2.20. The average Bonchev–Trinajstić information content (AvgIpc) is 2.63. The van der Waals surface area contributed by atoms with Crippen LogP contribution in [0.15, 0.2) is 42.5 Å². The van der Waals surface area contributed by atoms with E-state index in [4.69, 9.17) is 9.84 Å². The van der Waals surface area contributed by atoms with Gasteiger partial charge in [-0.1, -0.05) is 36.4 Å². The Morgan fingerprint density at radius 2 is 1.81 bits per heavy atom. The van der Waals surface area contributed by atoms with Gasteiger partial charge in [-0.3, -0.25) is 4.79 Å². The van der Waals surface area contributed by atoms with Gasteiger partial charge in [0.25, 0.3) is 0 Å². The van der Waals surface area contributed by atoms with Crippen LogP contribution >= 0.6 is 0 Å². The minimum atomic E-state index is -0.880. The van der Waals surface area contributed by atoms with Crippen LogP contribution in [0.1, 0.15) is 29.5 Å². The topological polar surface area (TPSA) is 87.7 Å². The summed E-state index contributed by atoms with van der Waals surface area (Å²) in [5.74, 6) is -0.145. The van der Waals surface area contributed by atoms with Crippen molar-refractivity contribution >= 4 is 17.7 Å². The van der Waals surface area contributed by atoms with E-state index in [2.05, 4.69) is 10.6 Å². The van der Waals surface area contributed by atoms with Gasteiger partial charge in [-0.25, -0.2) is 4.79 Å². The van der Waals surface area contributed by atoms with Crippen LogP contribution in [0, 0.1) is 13.8 Å². The lowest BCUT2D eigenvalue weighted by Crippen LogP contribution is -2.39. The summed E-state index contributed by atoms with van der Waals surface area (Å²) >= 11 is 0. The molecule has 0 bridgehead atoms. The molecule has 2 amide bonds. The number of nitrogens with one attached hydrogen (secondary N) is 2. The summed E-state index contributed by atoms with van der Waals surface area (Å²) in [5, 5.41) is 14.7. The van der Waals surface area contributed by atoms with Crippen molar-refractivity contribution in [3.8, 4) is 5.75 Å². The van der Waals surface area contributed by atoms with Crippen LogP contribution in [0.5, 0.6) is 5.75 Å². The maximum absolute atomic E-state index is 12.5. The van der Waals surface area contributed by atoms with Gasteiger partial charge < -0.3 is 20.5 Å². The Balaban J connectivity index is 2.07. The summed E-state index contributed by atoms with van der Waals surface area (Å²) < 4.78 is 5.39. The van der Waals surface area contributed by atoms with E-state index in [1.165, 1.54) is 0 Å². The lowest BCUT2D eigenvalue weighted by molar-refractivity contribution is -0.137. The van der Waals surface area contributed by atoms with Gasteiger partial charge >= 0.3 is 12.0 Å². The van der Waals surface area contributed by atoms with E-state index in [-0.39, 0.29) is 18.5 Å². The minimum Gasteiger partial charge on any atom is -0.496 e. The molecule has 0 aromatic heterocycles. The molecule has 0 radical (unpaired) electrons. The molecular weight excluding hydrogens is 344 g/mol. The van der Waals surface area contributed by atoms with Gasteiger partial charge in [0.15, 0.2) is 0 Å². The number of hydrogen-bond donors (Lipinski definition) is 3. The molecule has 6 heteroatoms. The van der Waals surface area contributed by atoms with E-state index in [9.17, 15) is 9.59 Å². The first kappa shape index (κ1) is 20.3. The number of urea groups is 1. The van der Waals surface area contributed by atoms with Crippen LogP contribution in [0.3, 0.4) is 0 Å².